The van der Waals surface area contributed by atoms with E-state index in [0.29, 0.717) is 11.3 Å². The van der Waals surface area contributed by atoms with Crippen LogP contribution in [0.3, 0.4) is 0 Å². The molecule has 0 aliphatic rings. The second-order valence-corrected chi connectivity index (χ2v) is 9.97. The highest BCUT2D eigenvalue weighted by Gasteiger charge is 2.20. The van der Waals surface area contributed by atoms with E-state index in [1.165, 1.54) is 0 Å². The zero-order valence-electron chi connectivity index (χ0n) is 18.5. The number of nitrogens with zero attached hydrogens (tertiary/aromatic N) is 2. The molecule has 4 aromatic rings. The number of benzene rings is 3. The molecule has 0 fully saturated rings. The number of carbonyl (C=O) groups excluding carboxylic acids is 1. The van der Waals surface area contributed by atoms with E-state index in [9.17, 15) is 13.2 Å². The summed E-state index contributed by atoms with van der Waals surface area (Å²) in [5.74, 6) is -0.553. The molecular weight excluding hydrogens is 434 g/mol. The lowest BCUT2D eigenvalue weighted by Gasteiger charge is -2.08. The number of rotatable bonds is 7. The van der Waals surface area contributed by atoms with Gasteiger partial charge in [0.05, 0.1) is 21.9 Å². The van der Waals surface area contributed by atoms with Crippen LogP contribution in [0.4, 0.5) is 0 Å². The van der Waals surface area contributed by atoms with Crippen molar-refractivity contribution >= 4 is 15.7 Å². The van der Waals surface area contributed by atoms with Gasteiger partial charge >= 0.3 is 0 Å². The Morgan fingerprint density at radius 1 is 0.909 bits per heavy atom. The Morgan fingerprint density at radius 3 is 2.24 bits per heavy atom. The molecule has 0 unspecified atom stereocenters. The number of sulfone groups is 1. The van der Waals surface area contributed by atoms with Crippen LogP contribution in [0.2, 0.25) is 0 Å². The molecule has 4 rings (SSSR count). The van der Waals surface area contributed by atoms with Crippen molar-refractivity contribution in [2.45, 2.75) is 18.7 Å². The van der Waals surface area contributed by atoms with E-state index in [1.54, 1.807) is 41.2 Å². The molecule has 6 nitrogen and oxygen atoms in total. The first-order valence-electron chi connectivity index (χ1n) is 10.6. The van der Waals surface area contributed by atoms with Gasteiger partial charge in [0.15, 0.2) is 9.84 Å². The Morgan fingerprint density at radius 2 is 1.58 bits per heavy atom. The molecule has 168 valence electrons. The number of amides is 1. The molecule has 0 spiro atoms. The molecular formula is C26H25N3O3S. The minimum atomic E-state index is -3.48. The second-order valence-electron chi connectivity index (χ2n) is 7.86. The van der Waals surface area contributed by atoms with E-state index in [1.807, 2.05) is 62.4 Å². The van der Waals surface area contributed by atoms with E-state index in [-0.39, 0.29) is 23.1 Å². The van der Waals surface area contributed by atoms with Crippen molar-refractivity contribution in [3.05, 3.63) is 102 Å². The van der Waals surface area contributed by atoms with Gasteiger partial charge in [0.2, 0.25) is 0 Å². The Labute approximate surface area is 193 Å². The molecule has 0 aliphatic heterocycles. The summed E-state index contributed by atoms with van der Waals surface area (Å²) < 4.78 is 26.7. The normalized spacial score (nSPS) is 11.3. The number of hydrogen-bond acceptors (Lipinski definition) is 4. The fraction of sp³-hybridized carbons (Fsp3) is 0.154. The van der Waals surface area contributed by atoms with Crippen LogP contribution in [-0.2, 0) is 9.84 Å². The van der Waals surface area contributed by atoms with Gasteiger partial charge in [-0.05, 0) is 55.3 Å². The molecule has 0 aliphatic carbocycles. The van der Waals surface area contributed by atoms with Gasteiger partial charge in [-0.15, -0.1) is 0 Å². The lowest BCUT2D eigenvalue weighted by atomic mass is 10.0. The van der Waals surface area contributed by atoms with Crippen LogP contribution in [0, 0.1) is 13.8 Å². The first kappa shape index (κ1) is 22.5. The largest absolute Gasteiger partial charge is 0.351 e. The van der Waals surface area contributed by atoms with Gasteiger partial charge in [0, 0.05) is 18.3 Å². The molecule has 0 saturated carbocycles. The van der Waals surface area contributed by atoms with E-state index < -0.39 is 9.84 Å². The molecule has 3 aromatic carbocycles. The molecule has 33 heavy (non-hydrogen) atoms. The number of nitrogens with one attached hydrogen (secondary N) is 1. The van der Waals surface area contributed by atoms with Crippen LogP contribution in [-0.4, -0.2) is 36.4 Å². The monoisotopic (exact) mass is 459 g/mol. The topological polar surface area (TPSA) is 81.1 Å². The summed E-state index contributed by atoms with van der Waals surface area (Å²) in [6, 6.07) is 23.7. The third-order valence-corrected chi connectivity index (χ3v) is 7.25. The van der Waals surface area contributed by atoms with Crippen LogP contribution in [0.5, 0.6) is 0 Å². The highest BCUT2D eigenvalue weighted by atomic mass is 32.2. The molecule has 7 heteroatoms. The predicted molar refractivity (Wildman–Crippen MR) is 129 cm³/mol. The van der Waals surface area contributed by atoms with Crippen LogP contribution in [0.1, 0.15) is 21.5 Å². The standard InChI is InChI=1S/C26H25N3O3S/c1-19-13-14-21(17-20(19)2)25-24(18-29(28-25)22-9-5-3-6-10-22)26(30)27-15-16-33(31,32)23-11-7-4-8-12-23/h3-14,17-18H,15-16H2,1-2H3,(H,27,30). The summed E-state index contributed by atoms with van der Waals surface area (Å²) in [5, 5.41) is 7.44. The first-order valence-corrected chi connectivity index (χ1v) is 12.3. The SMILES string of the molecule is Cc1ccc(-c2nn(-c3ccccc3)cc2C(=O)NCCS(=O)(=O)c2ccccc2)cc1C. The van der Waals surface area contributed by atoms with E-state index in [4.69, 9.17) is 0 Å². The smallest absolute Gasteiger partial charge is 0.255 e. The van der Waals surface area contributed by atoms with E-state index in [0.717, 1.165) is 22.4 Å². The summed E-state index contributed by atoms with van der Waals surface area (Å²) in [7, 11) is -3.48. The number of para-hydroxylation sites is 1. The summed E-state index contributed by atoms with van der Waals surface area (Å²) in [4.78, 5) is 13.3. The number of hydrogen-bond donors (Lipinski definition) is 1. The molecule has 0 radical (unpaired) electrons. The summed E-state index contributed by atoms with van der Waals surface area (Å²) in [6.45, 7) is 4.04. The fourth-order valence-corrected chi connectivity index (χ4v) is 4.67. The minimum absolute atomic E-state index is 0.00105. The van der Waals surface area contributed by atoms with Crippen molar-refractivity contribution in [2.75, 3.05) is 12.3 Å². The molecule has 0 atom stereocenters. The summed E-state index contributed by atoms with van der Waals surface area (Å²) >= 11 is 0. The molecule has 0 saturated heterocycles. The average Bonchev–Trinajstić information content (AvgIpc) is 3.27. The molecule has 1 N–H and O–H groups in total. The van der Waals surface area contributed by atoms with Crippen molar-refractivity contribution < 1.29 is 13.2 Å². The zero-order chi connectivity index (χ0) is 23.4. The average molecular weight is 460 g/mol. The Kier molecular flexibility index (Phi) is 6.42. The zero-order valence-corrected chi connectivity index (χ0v) is 19.3. The van der Waals surface area contributed by atoms with Gasteiger partial charge in [0.25, 0.3) is 5.91 Å². The third kappa shape index (κ3) is 5.04. The van der Waals surface area contributed by atoms with Crippen molar-refractivity contribution in [3.63, 3.8) is 0 Å². The summed E-state index contributed by atoms with van der Waals surface area (Å²) in [5.41, 5.74) is 4.84. The maximum Gasteiger partial charge on any atom is 0.255 e. The Balaban J connectivity index is 1.60. The maximum atomic E-state index is 13.1. The van der Waals surface area contributed by atoms with E-state index in [2.05, 4.69) is 10.4 Å². The van der Waals surface area contributed by atoms with Crippen molar-refractivity contribution in [1.82, 2.24) is 15.1 Å². The van der Waals surface area contributed by atoms with Crippen LogP contribution >= 0.6 is 0 Å². The van der Waals surface area contributed by atoms with E-state index >= 15 is 0 Å². The number of carbonyl (C=O) groups is 1. The maximum absolute atomic E-state index is 13.1. The third-order valence-electron chi connectivity index (χ3n) is 5.52. The van der Waals surface area contributed by atoms with Crippen LogP contribution in [0.15, 0.2) is 90.0 Å². The number of aromatic nitrogens is 2. The summed E-state index contributed by atoms with van der Waals surface area (Å²) in [6.07, 6.45) is 1.68. The predicted octanol–water partition coefficient (Wildman–Crippen LogP) is 4.36. The molecule has 1 amide bonds. The second kappa shape index (κ2) is 9.42. The molecule has 0 bridgehead atoms. The van der Waals surface area contributed by atoms with Gasteiger partial charge in [-0.1, -0.05) is 48.5 Å². The fourth-order valence-electron chi connectivity index (χ4n) is 3.49. The van der Waals surface area contributed by atoms with Crippen molar-refractivity contribution in [2.24, 2.45) is 0 Å². The van der Waals surface area contributed by atoms with Gasteiger partial charge in [0.1, 0.15) is 5.69 Å². The lowest BCUT2D eigenvalue weighted by Crippen LogP contribution is -2.29. The lowest BCUT2D eigenvalue weighted by molar-refractivity contribution is 0.0956. The van der Waals surface area contributed by atoms with Crippen LogP contribution < -0.4 is 5.32 Å². The number of aryl methyl sites for hydroxylation is 2. The highest BCUT2D eigenvalue weighted by molar-refractivity contribution is 7.91. The van der Waals surface area contributed by atoms with Gasteiger partial charge < -0.3 is 5.32 Å². The quantitative estimate of drug-likeness (QED) is 0.445. The van der Waals surface area contributed by atoms with Crippen molar-refractivity contribution in [3.8, 4) is 16.9 Å². The first-order chi connectivity index (χ1) is 15.8. The highest BCUT2D eigenvalue weighted by Crippen LogP contribution is 2.26. The Hall–Kier alpha value is -3.71. The molecule has 1 heterocycles. The van der Waals surface area contributed by atoms with Crippen molar-refractivity contribution in [1.29, 1.82) is 0 Å². The van der Waals surface area contributed by atoms with Gasteiger partial charge in [-0.25, -0.2) is 13.1 Å². The van der Waals surface area contributed by atoms with Gasteiger partial charge in [-0.2, -0.15) is 5.10 Å². The van der Waals surface area contributed by atoms with Crippen LogP contribution in [0.25, 0.3) is 16.9 Å². The molecule has 1 aromatic heterocycles. The Bertz CT molecular complexity index is 1380. The van der Waals surface area contributed by atoms with Gasteiger partial charge in [-0.3, -0.25) is 4.79 Å². The minimum Gasteiger partial charge on any atom is -0.351 e.